The van der Waals surface area contributed by atoms with Crippen LogP contribution in [0.1, 0.15) is 50.5 Å². The van der Waals surface area contributed by atoms with Crippen LogP contribution >= 0.6 is 0 Å². The molecule has 0 unspecified atom stereocenters. The molecule has 0 radical (unpaired) electrons. The van der Waals surface area contributed by atoms with Gasteiger partial charge in [-0.15, -0.1) is 0 Å². The molecule has 1 aliphatic rings. The summed E-state index contributed by atoms with van der Waals surface area (Å²) in [7, 11) is 0. The number of hydrogen-bond donors (Lipinski definition) is 2. The number of aryl methyl sites for hydroxylation is 1. The van der Waals surface area contributed by atoms with E-state index in [2.05, 4.69) is 17.4 Å². The minimum atomic E-state index is -0.392. The predicted octanol–water partition coefficient (Wildman–Crippen LogP) is 3.03. The summed E-state index contributed by atoms with van der Waals surface area (Å²) in [5, 5.41) is 3.00. The summed E-state index contributed by atoms with van der Waals surface area (Å²) >= 11 is 0. The molecular formula is C18H28N2O. The fourth-order valence-electron chi connectivity index (χ4n) is 3.10. The highest BCUT2D eigenvalue weighted by atomic mass is 16.2. The van der Waals surface area contributed by atoms with Crippen LogP contribution in [0.25, 0.3) is 0 Å². The van der Waals surface area contributed by atoms with Crippen LogP contribution in [-0.4, -0.2) is 18.5 Å². The van der Waals surface area contributed by atoms with Crippen molar-refractivity contribution in [3.8, 4) is 0 Å². The molecule has 1 amide bonds. The summed E-state index contributed by atoms with van der Waals surface area (Å²) < 4.78 is 0. The van der Waals surface area contributed by atoms with Crippen LogP contribution in [0.3, 0.4) is 0 Å². The van der Waals surface area contributed by atoms with E-state index in [0.29, 0.717) is 6.42 Å². The summed E-state index contributed by atoms with van der Waals surface area (Å²) in [5.41, 5.74) is 7.21. The van der Waals surface area contributed by atoms with E-state index in [9.17, 15) is 4.79 Å². The first-order valence-corrected chi connectivity index (χ1v) is 8.33. The first-order chi connectivity index (χ1) is 10.3. The van der Waals surface area contributed by atoms with E-state index in [1.165, 1.54) is 37.7 Å². The van der Waals surface area contributed by atoms with Gasteiger partial charge in [-0.3, -0.25) is 4.79 Å². The molecule has 0 aliphatic heterocycles. The summed E-state index contributed by atoms with van der Waals surface area (Å²) in [4.78, 5) is 12.0. The lowest BCUT2D eigenvalue weighted by atomic mass is 9.87. The maximum Gasteiger partial charge on any atom is 0.236 e. The molecule has 2 rings (SSSR count). The van der Waals surface area contributed by atoms with Crippen LogP contribution in [0.2, 0.25) is 0 Å². The quantitative estimate of drug-likeness (QED) is 0.810. The number of carbonyl (C=O) groups excluding carboxylic acids is 1. The minimum absolute atomic E-state index is 0.00161. The molecule has 0 bridgehead atoms. The molecule has 21 heavy (non-hydrogen) atoms. The standard InChI is InChI=1S/C18H28N2O/c19-17(12-11-15-7-3-1-4-8-15)18(21)20-14-13-16-9-5-2-6-10-16/h1,3-4,7-8,16-17H,2,5-6,9-14,19H2,(H,20,21)/t17-/m0/s1. The maximum atomic E-state index is 12.0. The zero-order valence-electron chi connectivity index (χ0n) is 12.9. The van der Waals surface area contributed by atoms with Crippen LogP contribution in [0.4, 0.5) is 0 Å². The maximum absolute atomic E-state index is 12.0. The third kappa shape index (κ3) is 5.88. The number of nitrogens with one attached hydrogen (secondary N) is 1. The minimum Gasteiger partial charge on any atom is -0.355 e. The van der Waals surface area contributed by atoms with Gasteiger partial charge in [-0.05, 0) is 30.7 Å². The Morgan fingerprint density at radius 1 is 1.19 bits per heavy atom. The first-order valence-electron chi connectivity index (χ1n) is 8.33. The molecule has 1 aromatic rings. The van der Waals surface area contributed by atoms with Crippen molar-refractivity contribution in [3.63, 3.8) is 0 Å². The molecule has 0 spiro atoms. The fourth-order valence-corrected chi connectivity index (χ4v) is 3.10. The van der Waals surface area contributed by atoms with Gasteiger partial charge < -0.3 is 11.1 Å². The van der Waals surface area contributed by atoms with Crippen molar-refractivity contribution in [2.75, 3.05) is 6.54 Å². The second kappa shape index (κ2) is 8.83. The Labute approximate surface area is 128 Å². The van der Waals surface area contributed by atoms with Gasteiger partial charge in [-0.2, -0.15) is 0 Å². The Morgan fingerprint density at radius 2 is 1.90 bits per heavy atom. The van der Waals surface area contributed by atoms with E-state index in [-0.39, 0.29) is 5.91 Å². The third-order valence-corrected chi connectivity index (χ3v) is 4.50. The van der Waals surface area contributed by atoms with Gasteiger partial charge in [0.1, 0.15) is 0 Å². The van der Waals surface area contributed by atoms with Gasteiger partial charge in [-0.1, -0.05) is 62.4 Å². The number of benzene rings is 1. The topological polar surface area (TPSA) is 55.1 Å². The summed E-state index contributed by atoms with van der Waals surface area (Å²) in [6.45, 7) is 0.780. The Balaban J connectivity index is 1.60. The first kappa shape index (κ1) is 16.0. The van der Waals surface area contributed by atoms with E-state index < -0.39 is 6.04 Å². The van der Waals surface area contributed by atoms with Crippen molar-refractivity contribution in [2.45, 2.75) is 57.4 Å². The van der Waals surface area contributed by atoms with E-state index >= 15 is 0 Å². The van der Waals surface area contributed by atoms with Crippen LogP contribution < -0.4 is 11.1 Å². The van der Waals surface area contributed by atoms with Gasteiger partial charge in [0.15, 0.2) is 0 Å². The van der Waals surface area contributed by atoms with E-state index in [0.717, 1.165) is 25.3 Å². The molecule has 1 aromatic carbocycles. The Bertz CT molecular complexity index is 412. The Kier molecular flexibility index (Phi) is 6.74. The van der Waals surface area contributed by atoms with Crippen molar-refractivity contribution in [1.82, 2.24) is 5.32 Å². The van der Waals surface area contributed by atoms with Gasteiger partial charge in [0.05, 0.1) is 6.04 Å². The molecule has 3 heteroatoms. The van der Waals surface area contributed by atoms with Gasteiger partial charge in [0.25, 0.3) is 0 Å². The normalized spacial score (nSPS) is 17.4. The van der Waals surface area contributed by atoms with E-state index in [1.54, 1.807) is 0 Å². The largest absolute Gasteiger partial charge is 0.355 e. The van der Waals surface area contributed by atoms with Crippen molar-refractivity contribution >= 4 is 5.91 Å². The highest BCUT2D eigenvalue weighted by Crippen LogP contribution is 2.25. The zero-order valence-corrected chi connectivity index (χ0v) is 12.9. The number of nitrogens with two attached hydrogens (primary N) is 1. The monoisotopic (exact) mass is 288 g/mol. The zero-order chi connectivity index (χ0) is 14.9. The molecular weight excluding hydrogens is 260 g/mol. The lowest BCUT2D eigenvalue weighted by molar-refractivity contribution is -0.122. The number of hydrogen-bond acceptors (Lipinski definition) is 2. The molecule has 0 aromatic heterocycles. The van der Waals surface area contributed by atoms with Gasteiger partial charge >= 0.3 is 0 Å². The molecule has 1 fully saturated rings. The van der Waals surface area contributed by atoms with Gasteiger partial charge in [0.2, 0.25) is 5.91 Å². The molecule has 1 atom stereocenters. The average molecular weight is 288 g/mol. The molecule has 1 saturated carbocycles. The van der Waals surface area contributed by atoms with Crippen LogP contribution in [-0.2, 0) is 11.2 Å². The summed E-state index contributed by atoms with van der Waals surface area (Å²) in [6.07, 6.45) is 9.43. The molecule has 116 valence electrons. The van der Waals surface area contributed by atoms with E-state index in [1.807, 2.05) is 18.2 Å². The summed E-state index contributed by atoms with van der Waals surface area (Å²) in [6, 6.07) is 9.80. The molecule has 0 heterocycles. The predicted molar refractivity (Wildman–Crippen MR) is 86.9 cm³/mol. The second-order valence-electron chi connectivity index (χ2n) is 6.21. The lowest BCUT2D eigenvalue weighted by Gasteiger charge is -2.21. The third-order valence-electron chi connectivity index (χ3n) is 4.50. The Hall–Kier alpha value is -1.35. The number of carbonyl (C=O) groups is 1. The number of amides is 1. The SMILES string of the molecule is N[C@@H](CCc1ccccc1)C(=O)NCCC1CCCCC1. The lowest BCUT2D eigenvalue weighted by Crippen LogP contribution is -2.41. The van der Waals surface area contributed by atoms with Crippen molar-refractivity contribution in [1.29, 1.82) is 0 Å². The smallest absolute Gasteiger partial charge is 0.236 e. The molecule has 3 N–H and O–H groups in total. The molecule has 0 saturated heterocycles. The van der Waals surface area contributed by atoms with Crippen LogP contribution in [0.5, 0.6) is 0 Å². The van der Waals surface area contributed by atoms with E-state index in [4.69, 9.17) is 5.73 Å². The second-order valence-corrected chi connectivity index (χ2v) is 6.21. The van der Waals surface area contributed by atoms with Gasteiger partial charge in [0, 0.05) is 6.54 Å². The van der Waals surface area contributed by atoms with Crippen molar-refractivity contribution in [2.24, 2.45) is 11.7 Å². The van der Waals surface area contributed by atoms with Crippen molar-refractivity contribution < 1.29 is 4.79 Å². The molecule has 3 nitrogen and oxygen atoms in total. The molecule has 1 aliphatic carbocycles. The fraction of sp³-hybridized carbons (Fsp3) is 0.611. The Morgan fingerprint density at radius 3 is 2.62 bits per heavy atom. The average Bonchev–Trinajstić information content (AvgIpc) is 2.54. The number of rotatable bonds is 7. The highest BCUT2D eigenvalue weighted by molar-refractivity contribution is 5.81. The van der Waals surface area contributed by atoms with Gasteiger partial charge in [-0.25, -0.2) is 0 Å². The van der Waals surface area contributed by atoms with Crippen molar-refractivity contribution in [3.05, 3.63) is 35.9 Å². The van der Waals surface area contributed by atoms with Crippen LogP contribution in [0, 0.1) is 5.92 Å². The van der Waals surface area contributed by atoms with Crippen LogP contribution in [0.15, 0.2) is 30.3 Å². The summed E-state index contributed by atoms with van der Waals surface area (Å²) in [5.74, 6) is 0.807. The highest BCUT2D eigenvalue weighted by Gasteiger charge is 2.15.